The molecule has 0 aliphatic heterocycles. The summed E-state index contributed by atoms with van der Waals surface area (Å²) in [6, 6.07) is 11.6. The van der Waals surface area contributed by atoms with E-state index in [0.717, 1.165) is 5.69 Å². The molecule has 6 heteroatoms. The highest BCUT2D eigenvalue weighted by Gasteiger charge is 2.17. The van der Waals surface area contributed by atoms with E-state index in [0.29, 0.717) is 16.3 Å². The van der Waals surface area contributed by atoms with E-state index in [2.05, 4.69) is 5.10 Å². The van der Waals surface area contributed by atoms with Gasteiger partial charge in [-0.2, -0.15) is 5.10 Å². The van der Waals surface area contributed by atoms with Gasteiger partial charge in [0.05, 0.1) is 30.1 Å². The number of rotatable bonds is 4. The van der Waals surface area contributed by atoms with Crippen molar-refractivity contribution in [2.45, 2.75) is 0 Å². The molecule has 23 heavy (non-hydrogen) atoms. The Bertz CT molecular complexity index is 874. The van der Waals surface area contributed by atoms with E-state index in [4.69, 9.17) is 16.3 Å². The molecule has 2 aromatic carbocycles. The first kappa shape index (κ1) is 15.1. The minimum absolute atomic E-state index is 0.105. The van der Waals surface area contributed by atoms with Crippen LogP contribution in [-0.2, 0) is 0 Å². The molecule has 0 bridgehead atoms. The molecule has 0 saturated carbocycles. The number of phenolic OH excluding ortho intramolecular Hbond substituents is 1. The predicted octanol–water partition coefficient (Wildman–Crippen LogP) is 3.47. The first-order valence-corrected chi connectivity index (χ1v) is 7.18. The lowest BCUT2D eigenvalue weighted by Crippen LogP contribution is -2.01. The van der Waals surface area contributed by atoms with Gasteiger partial charge in [0.15, 0.2) is 5.78 Å². The van der Waals surface area contributed by atoms with Crippen molar-refractivity contribution in [3.05, 3.63) is 71.0 Å². The summed E-state index contributed by atoms with van der Waals surface area (Å²) in [7, 11) is 1.50. The highest BCUT2D eigenvalue weighted by molar-refractivity contribution is 6.30. The fourth-order valence-electron chi connectivity index (χ4n) is 2.18. The fraction of sp³-hybridized carbons (Fsp3) is 0.0588. The van der Waals surface area contributed by atoms with Crippen molar-refractivity contribution in [3.8, 4) is 17.2 Å². The zero-order valence-corrected chi connectivity index (χ0v) is 13.0. The monoisotopic (exact) mass is 328 g/mol. The number of carbonyl (C=O) groups excluding carboxylic acids is 1. The second-order valence-corrected chi connectivity index (χ2v) is 5.30. The van der Waals surface area contributed by atoms with E-state index < -0.39 is 0 Å². The zero-order valence-electron chi connectivity index (χ0n) is 12.2. The molecule has 3 aromatic rings. The summed E-state index contributed by atoms with van der Waals surface area (Å²) < 4.78 is 6.64. The van der Waals surface area contributed by atoms with Crippen LogP contribution >= 0.6 is 11.6 Å². The van der Waals surface area contributed by atoms with Crippen LogP contribution in [0.3, 0.4) is 0 Å². The maximum atomic E-state index is 12.6. The molecule has 0 fully saturated rings. The van der Waals surface area contributed by atoms with Gasteiger partial charge in [-0.25, -0.2) is 4.68 Å². The summed E-state index contributed by atoms with van der Waals surface area (Å²) in [5, 5.41) is 14.7. The van der Waals surface area contributed by atoms with Crippen molar-refractivity contribution in [3.63, 3.8) is 0 Å². The summed E-state index contributed by atoms with van der Waals surface area (Å²) in [5.41, 5.74) is 1.26. The van der Waals surface area contributed by atoms with Crippen molar-refractivity contribution in [1.82, 2.24) is 9.78 Å². The number of aromatic hydroxyl groups is 1. The topological polar surface area (TPSA) is 64.3 Å². The number of methoxy groups -OCH3 is 1. The van der Waals surface area contributed by atoms with Crippen LogP contribution in [-0.4, -0.2) is 27.8 Å². The molecular weight excluding hydrogens is 316 g/mol. The smallest absolute Gasteiger partial charge is 0.200 e. The second kappa shape index (κ2) is 6.14. The van der Waals surface area contributed by atoms with Gasteiger partial charge in [0.2, 0.25) is 0 Å². The van der Waals surface area contributed by atoms with Crippen LogP contribution in [0.2, 0.25) is 5.02 Å². The molecule has 0 aliphatic rings. The molecule has 0 saturated heterocycles. The number of hydrogen-bond acceptors (Lipinski definition) is 4. The Balaban J connectivity index is 1.96. The highest BCUT2D eigenvalue weighted by Crippen LogP contribution is 2.25. The van der Waals surface area contributed by atoms with E-state index in [-0.39, 0.29) is 17.1 Å². The van der Waals surface area contributed by atoms with Crippen LogP contribution in [0.5, 0.6) is 11.5 Å². The van der Waals surface area contributed by atoms with Gasteiger partial charge in [-0.3, -0.25) is 4.79 Å². The number of ketones is 1. The van der Waals surface area contributed by atoms with E-state index >= 15 is 0 Å². The van der Waals surface area contributed by atoms with Crippen LogP contribution in [0.1, 0.15) is 15.9 Å². The summed E-state index contributed by atoms with van der Waals surface area (Å²) >= 11 is 5.96. The van der Waals surface area contributed by atoms with Crippen LogP contribution < -0.4 is 4.74 Å². The molecule has 0 atom stereocenters. The van der Waals surface area contributed by atoms with E-state index in [1.165, 1.54) is 25.4 Å². The number of nitrogens with zero attached hydrogens (tertiary/aromatic N) is 2. The Morgan fingerprint density at radius 3 is 2.83 bits per heavy atom. The number of carbonyl (C=O) groups is 1. The molecule has 0 radical (unpaired) electrons. The average molecular weight is 329 g/mol. The number of benzene rings is 2. The summed E-state index contributed by atoms with van der Waals surface area (Å²) in [5.74, 6) is 0.0503. The Labute approximate surface area is 137 Å². The molecule has 3 rings (SSSR count). The highest BCUT2D eigenvalue weighted by atomic mass is 35.5. The zero-order chi connectivity index (χ0) is 16.4. The second-order valence-electron chi connectivity index (χ2n) is 4.87. The van der Waals surface area contributed by atoms with Gasteiger partial charge in [-0.05, 0) is 36.4 Å². The molecule has 1 heterocycles. The number of ether oxygens (including phenoxy) is 1. The number of hydrogen-bond donors (Lipinski definition) is 1. The van der Waals surface area contributed by atoms with Crippen molar-refractivity contribution in [1.29, 1.82) is 0 Å². The van der Waals surface area contributed by atoms with Gasteiger partial charge >= 0.3 is 0 Å². The molecule has 0 aliphatic carbocycles. The quantitative estimate of drug-likeness (QED) is 0.745. The first-order valence-electron chi connectivity index (χ1n) is 6.81. The fourth-order valence-corrected chi connectivity index (χ4v) is 2.36. The Morgan fingerprint density at radius 2 is 2.09 bits per heavy atom. The van der Waals surface area contributed by atoms with Crippen molar-refractivity contribution in [2.75, 3.05) is 7.11 Å². The van der Waals surface area contributed by atoms with Crippen molar-refractivity contribution in [2.24, 2.45) is 0 Å². The average Bonchev–Trinajstić information content (AvgIpc) is 3.05. The summed E-state index contributed by atoms with van der Waals surface area (Å²) in [6.07, 6.45) is 3.04. The van der Waals surface area contributed by atoms with Crippen molar-refractivity contribution >= 4 is 17.4 Å². The molecule has 116 valence electrons. The van der Waals surface area contributed by atoms with E-state index in [9.17, 15) is 9.90 Å². The van der Waals surface area contributed by atoms with E-state index in [1.54, 1.807) is 35.1 Å². The lowest BCUT2D eigenvalue weighted by molar-refractivity contribution is 0.103. The summed E-state index contributed by atoms with van der Waals surface area (Å²) in [4.78, 5) is 12.6. The van der Waals surface area contributed by atoms with E-state index in [1.807, 2.05) is 6.07 Å². The predicted molar refractivity (Wildman–Crippen MR) is 86.7 cm³/mol. The number of aromatic nitrogens is 2. The molecule has 5 nitrogen and oxygen atoms in total. The molecular formula is C17H13ClN2O3. The molecule has 0 amide bonds. The summed E-state index contributed by atoms with van der Waals surface area (Å²) in [6.45, 7) is 0. The van der Waals surface area contributed by atoms with Crippen LogP contribution in [0, 0.1) is 0 Å². The SMILES string of the molecule is COc1ccc(O)c(C(=O)c2cnn(-c3cccc(Cl)c3)c2)c1. The third-order valence-corrected chi connectivity index (χ3v) is 3.60. The minimum atomic E-state index is -0.338. The Hall–Kier alpha value is -2.79. The van der Waals surface area contributed by atoms with Crippen molar-refractivity contribution < 1.29 is 14.6 Å². The van der Waals surface area contributed by atoms with Gasteiger partial charge < -0.3 is 9.84 Å². The Morgan fingerprint density at radius 1 is 1.26 bits per heavy atom. The number of phenols is 1. The van der Waals surface area contributed by atoms with Gasteiger partial charge in [0.25, 0.3) is 0 Å². The normalized spacial score (nSPS) is 10.5. The van der Waals surface area contributed by atoms with Crippen LogP contribution in [0.15, 0.2) is 54.9 Å². The van der Waals surface area contributed by atoms with Gasteiger partial charge in [-0.15, -0.1) is 0 Å². The molecule has 1 aromatic heterocycles. The van der Waals surface area contributed by atoms with Crippen LogP contribution in [0.4, 0.5) is 0 Å². The minimum Gasteiger partial charge on any atom is -0.507 e. The molecule has 1 N–H and O–H groups in total. The first-order chi connectivity index (χ1) is 11.1. The van der Waals surface area contributed by atoms with Gasteiger partial charge in [-0.1, -0.05) is 17.7 Å². The number of halogens is 1. The maximum Gasteiger partial charge on any atom is 0.200 e. The third-order valence-electron chi connectivity index (χ3n) is 3.37. The Kier molecular flexibility index (Phi) is 4.04. The third kappa shape index (κ3) is 3.05. The van der Waals surface area contributed by atoms with Gasteiger partial charge in [0, 0.05) is 11.2 Å². The van der Waals surface area contributed by atoms with Gasteiger partial charge in [0.1, 0.15) is 11.5 Å². The standard InChI is InChI=1S/C17H13ClN2O3/c1-23-14-5-6-16(21)15(8-14)17(22)11-9-19-20(10-11)13-4-2-3-12(18)7-13/h2-10,21H,1H3. The molecule has 0 unspecified atom stereocenters. The van der Waals surface area contributed by atoms with Crippen LogP contribution in [0.25, 0.3) is 5.69 Å². The molecule has 0 spiro atoms. The maximum absolute atomic E-state index is 12.6. The lowest BCUT2D eigenvalue weighted by atomic mass is 10.1. The lowest BCUT2D eigenvalue weighted by Gasteiger charge is -2.05. The largest absolute Gasteiger partial charge is 0.507 e.